The van der Waals surface area contributed by atoms with Gasteiger partial charge in [-0.25, -0.2) is 0 Å². The minimum atomic E-state index is 0.468. The molecule has 2 bridgehead atoms. The lowest BCUT2D eigenvalue weighted by Crippen LogP contribution is -2.35. The van der Waals surface area contributed by atoms with Crippen LogP contribution in [0.2, 0.25) is 0 Å². The second-order valence-electron chi connectivity index (χ2n) is 8.95. The van der Waals surface area contributed by atoms with E-state index in [0.29, 0.717) is 11.3 Å². The number of benzene rings is 2. The fourth-order valence-electron chi connectivity index (χ4n) is 6.00. The van der Waals surface area contributed by atoms with Gasteiger partial charge in [-0.2, -0.15) is 0 Å². The Kier molecular flexibility index (Phi) is 3.21. The summed E-state index contributed by atoms with van der Waals surface area (Å²) in [7, 11) is 0. The molecule has 0 aliphatic heterocycles. The van der Waals surface area contributed by atoms with Crippen LogP contribution in [-0.2, 0) is 18.3 Å². The zero-order valence-corrected chi connectivity index (χ0v) is 15.0. The first-order valence-electron chi connectivity index (χ1n) is 9.89. The van der Waals surface area contributed by atoms with Gasteiger partial charge in [-0.15, -0.1) is 0 Å². The van der Waals surface area contributed by atoms with Crippen molar-refractivity contribution in [1.82, 2.24) is 0 Å². The zero-order chi connectivity index (χ0) is 16.3. The second-order valence-corrected chi connectivity index (χ2v) is 8.95. The maximum absolute atomic E-state index is 2.59. The Bertz CT molecular complexity index is 825. The largest absolute Gasteiger partial charge is 0.0851 e. The third-order valence-corrected chi connectivity index (χ3v) is 6.94. The van der Waals surface area contributed by atoms with E-state index in [1.54, 1.807) is 11.1 Å². The predicted octanol–water partition coefficient (Wildman–Crippen LogP) is 6.21. The minimum Gasteiger partial charge on any atom is -0.0851 e. The van der Waals surface area contributed by atoms with E-state index >= 15 is 0 Å². The molecule has 0 saturated heterocycles. The van der Waals surface area contributed by atoms with Crippen molar-refractivity contribution < 1.29 is 0 Å². The highest BCUT2D eigenvalue weighted by Crippen LogP contribution is 2.58. The molecule has 0 radical (unpaired) electrons. The summed E-state index contributed by atoms with van der Waals surface area (Å²) in [4.78, 5) is 0. The van der Waals surface area contributed by atoms with Crippen LogP contribution >= 0.6 is 0 Å². The fraction of sp³-hybridized carbons (Fsp3) is 0.500. The van der Waals surface area contributed by atoms with Crippen molar-refractivity contribution in [3.63, 3.8) is 0 Å². The molecule has 0 heteroatoms. The molecule has 0 heterocycles. The SMILES string of the molecule is CC(C)Cc1cccc2cc3c(cc12)CCCC31CC2C=CC1C2. The van der Waals surface area contributed by atoms with Gasteiger partial charge >= 0.3 is 0 Å². The Morgan fingerprint density at radius 1 is 1.17 bits per heavy atom. The van der Waals surface area contributed by atoms with E-state index in [1.807, 2.05) is 0 Å². The first-order valence-corrected chi connectivity index (χ1v) is 9.89. The van der Waals surface area contributed by atoms with Gasteiger partial charge in [0.15, 0.2) is 0 Å². The molecule has 3 aliphatic rings. The van der Waals surface area contributed by atoms with Crippen LogP contribution in [0.5, 0.6) is 0 Å². The molecule has 124 valence electrons. The van der Waals surface area contributed by atoms with Crippen LogP contribution in [-0.4, -0.2) is 0 Å². The number of rotatable bonds is 2. The molecule has 3 atom stereocenters. The first-order chi connectivity index (χ1) is 11.7. The van der Waals surface area contributed by atoms with Crippen LogP contribution in [0.15, 0.2) is 42.5 Å². The van der Waals surface area contributed by atoms with Crippen LogP contribution in [0.25, 0.3) is 10.8 Å². The summed E-state index contributed by atoms with van der Waals surface area (Å²) in [6.45, 7) is 4.65. The average Bonchev–Trinajstić information content (AvgIpc) is 3.15. The minimum absolute atomic E-state index is 0.468. The first kappa shape index (κ1) is 14.8. The molecule has 2 aromatic carbocycles. The van der Waals surface area contributed by atoms with E-state index in [9.17, 15) is 0 Å². The highest BCUT2D eigenvalue weighted by Gasteiger charge is 2.50. The Hall–Kier alpha value is -1.56. The number of fused-ring (bicyclic) bond motifs is 6. The molecular formula is C24H28. The smallest absolute Gasteiger partial charge is 0.00246 e. The Labute approximate surface area is 146 Å². The van der Waals surface area contributed by atoms with Crippen LogP contribution in [0.3, 0.4) is 0 Å². The summed E-state index contributed by atoms with van der Waals surface area (Å²) < 4.78 is 0. The molecule has 0 aromatic heterocycles. The second kappa shape index (κ2) is 5.22. The summed E-state index contributed by atoms with van der Waals surface area (Å²) in [5.74, 6) is 2.37. The summed E-state index contributed by atoms with van der Waals surface area (Å²) >= 11 is 0. The van der Waals surface area contributed by atoms with Crippen LogP contribution < -0.4 is 0 Å². The van der Waals surface area contributed by atoms with E-state index in [2.05, 4.69) is 56.3 Å². The van der Waals surface area contributed by atoms with Crippen molar-refractivity contribution in [2.45, 2.75) is 57.8 Å². The molecular weight excluding hydrogens is 288 g/mol. The van der Waals surface area contributed by atoms with Gasteiger partial charge in [-0.05, 0) is 83.7 Å². The average molecular weight is 316 g/mol. The van der Waals surface area contributed by atoms with Crippen molar-refractivity contribution >= 4 is 10.8 Å². The maximum Gasteiger partial charge on any atom is 0.00246 e. The van der Waals surface area contributed by atoms with Gasteiger partial charge in [0.2, 0.25) is 0 Å². The van der Waals surface area contributed by atoms with Crippen molar-refractivity contribution in [3.05, 3.63) is 59.2 Å². The highest BCUT2D eigenvalue weighted by molar-refractivity contribution is 5.88. The molecule has 2 aromatic rings. The highest BCUT2D eigenvalue weighted by atomic mass is 14.5. The number of allylic oxidation sites excluding steroid dienone is 2. The third kappa shape index (κ3) is 2.05. The van der Waals surface area contributed by atoms with E-state index in [0.717, 1.165) is 11.8 Å². The zero-order valence-electron chi connectivity index (χ0n) is 15.0. The van der Waals surface area contributed by atoms with Crippen molar-refractivity contribution in [2.24, 2.45) is 17.8 Å². The van der Waals surface area contributed by atoms with E-state index in [1.165, 1.54) is 54.9 Å². The van der Waals surface area contributed by atoms with Crippen LogP contribution in [0.1, 0.15) is 56.2 Å². The standard InChI is InChI=1S/C24H28/c1-16(2)11-18-5-3-6-19-14-23-20(13-22(18)19)7-4-10-24(23)15-17-8-9-21(24)12-17/h3,5-6,8-9,13-14,16-17,21H,4,7,10-12,15H2,1-2H3. The van der Waals surface area contributed by atoms with E-state index in [4.69, 9.17) is 0 Å². The normalized spacial score (nSPS) is 30.6. The van der Waals surface area contributed by atoms with E-state index < -0.39 is 0 Å². The van der Waals surface area contributed by atoms with Gasteiger partial charge in [0.1, 0.15) is 0 Å². The Morgan fingerprint density at radius 2 is 2.08 bits per heavy atom. The van der Waals surface area contributed by atoms with Gasteiger partial charge in [0, 0.05) is 5.41 Å². The van der Waals surface area contributed by atoms with Gasteiger partial charge in [-0.3, -0.25) is 0 Å². The van der Waals surface area contributed by atoms with Gasteiger partial charge < -0.3 is 0 Å². The fourth-order valence-corrected chi connectivity index (χ4v) is 6.00. The predicted molar refractivity (Wildman–Crippen MR) is 102 cm³/mol. The molecule has 1 spiro atoms. The summed E-state index contributed by atoms with van der Waals surface area (Å²) in [6, 6.07) is 12.1. The van der Waals surface area contributed by atoms with Crippen LogP contribution in [0, 0.1) is 17.8 Å². The lowest BCUT2D eigenvalue weighted by atomic mass is 9.62. The van der Waals surface area contributed by atoms with Crippen LogP contribution in [0.4, 0.5) is 0 Å². The summed E-state index contributed by atoms with van der Waals surface area (Å²) in [6.07, 6.45) is 13.1. The lowest BCUT2D eigenvalue weighted by Gasteiger charge is -2.41. The monoisotopic (exact) mass is 316 g/mol. The molecule has 0 N–H and O–H groups in total. The molecule has 3 unspecified atom stereocenters. The van der Waals surface area contributed by atoms with Gasteiger partial charge in [0.05, 0.1) is 0 Å². The third-order valence-electron chi connectivity index (χ3n) is 6.94. The maximum atomic E-state index is 2.59. The Balaban J connectivity index is 1.69. The van der Waals surface area contributed by atoms with E-state index in [-0.39, 0.29) is 0 Å². The van der Waals surface area contributed by atoms with Crippen molar-refractivity contribution in [3.8, 4) is 0 Å². The topological polar surface area (TPSA) is 0 Å². The molecule has 3 aliphatic carbocycles. The van der Waals surface area contributed by atoms with Crippen molar-refractivity contribution in [2.75, 3.05) is 0 Å². The summed E-state index contributed by atoms with van der Waals surface area (Å²) in [5.41, 5.74) is 5.37. The molecule has 5 rings (SSSR count). The number of aryl methyl sites for hydroxylation is 1. The molecule has 0 amide bonds. The molecule has 1 fully saturated rings. The number of hydrogen-bond acceptors (Lipinski definition) is 0. The molecule has 0 nitrogen and oxygen atoms in total. The van der Waals surface area contributed by atoms with Gasteiger partial charge in [0.25, 0.3) is 0 Å². The Morgan fingerprint density at radius 3 is 2.83 bits per heavy atom. The van der Waals surface area contributed by atoms with Gasteiger partial charge in [-0.1, -0.05) is 56.3 Å². The number of hydrogen-bond donors (Lipinski definition) is 0. The lowest BCUT2D eigenvalue weighted by molar-refractivity contribution is 0.304. The quantitative estimate of drug-likeness (QED) is 0.578. The molecule has 1 saturated carbocycles. The summed E-state index contributed by atoms with van der Waals surface area (Å²) in [5, 5.41) is 2.99. The van der Waals surface area contributed by atoms with Crippen molar-refractivity contribution in [1.29, 1.82) is 0 Å². The molecule has 24 heavy (non-hydrogen) atoms.